The molecule has 1 aliphatic rings. The van der Waals surface area contributed by atoms with Crippen LogP contribution in [0.15, 0.2) is 29.7 Å². The molecule has 1 heterocycles. The van der Waals surface area contributed by atoms with Crippen molar-refractivity contribution in [1.82, 2.24) is 4.90 Å². The molecule has 1 aliphatic heterocycles. The first-order valence-corrected chi connectivity index (χ1v) is 9.64. The lowest BCUT2D eigenvalue weighted by molar-refractivity contribution is -0.146. The minimum atomic E-state index is -0.614. The van der Waals surface area contributed by atoms with Crippen molar-refractivity contribution in [3.63, 3.8) is 0 Å². The topological polar surface area (TPSA) is 93.1 Å². The predicted octanol–water partition coefficient (Wildman–Crippen LogP) is 3.51. The van der Waals surface area contributed by atoms with Gasteiger partial charge in [0, 0.05) is 5.56 Å². The van der Waals surface area contributed by atoms with Crippen LogP contribution < -0.4 is 4.74 Å². The first-order chi connectivity index (χ1) is 13.4. The Labute approximate surface area is 168 Å². The molecule has 0 spiro atoms. The van der Waals surface area contributed by atoms with Gasteiger partial charge in [-0.3, -0.25) is 19.3 Å². The molecular formula is C20H23NO6S. The number of carbonyl (C=O) groups excluding carboxylic acids is 3. The van der Waals surface area contributed by atoms with E-state index in [-0.39, 0.29) is 23.0 Å². The molecule has 7 nitrogen and oxygen atoms in total. The smallest absolute Gasteiger partial charge is 0.326 e. The minimum Gasteiger partial charge on any atom is -0.504 e. The van der Waals surface area contributed by atoms with Crippen LogP contribution in [0.3, 0.4) is 0 Å². The highest BCUT2D eigenvalue weighted by atomic mass is 32.2. The van der Waals surface area contributed by atoms with Gasteiger partial charge in [0.15, 0.2) is 11.5 Å². The molecule has 8 heteroatoms. The van der Waals surface area contributed by atoms with Crippen LogP contribution in [0.5, 0.6) is 11.5 Å². The summed E-state index contributed by atoms with van der Waals surface area (Å²) in [6.45, 7) is 5.47. The van der Waals surface area contributed by atoms with Gasteiger partial charge in [-0.15, -0.1) is 6.58 Å². The Morgan fingerprint density at radius 3 is 2.75 bits per heavy atom. The molecule has 1 N–H and O–H groups in total. The molecule has 0 bridgehead atoms. The normalized spacial score (nSPS) is 15.2. The number of rotatable bonds is 9. The summed E-state index contributed by atoms with van der Waals surface area (Å²) in [4.78, 5) is 37.5. The minimum absolute atomic E-state index is 0.00230. The fraction of sp³-hybridized carbons (Fsp3) is 0.350. The van der Waals surface area contributed by atoms with Crippen molar-refractivity contribution < 1.29 is 29.0 Å². The fourth-order valence-electron chi connectivity index (χ4n) is 2.53. The van der Waals surface area contributed by atoms with Crippen LogP contribution in [-0.2, 0) is 20.7 Å². The van der Waals surface area contributed by atoms with Crippen molar-refractivity contribution >= 4 is 35.0 Å². The molecule has 1 aromatic rings. The van der Waals surface area contributed by atoms with Gasteiger partial charge in [-0.2, -0.15) is 0 Å². The molecule has 2 amide bonds. The van der Waals surface area contributed by atoms with Crippen molar-refractivity contribution in [3.8, 4) is 11.5 Å². The number of carbonyl (C=O) groups is 3. The lowest BCUT2D eigenvalue weighted by Gasteiger charge is -2.11. The average molecular weight is 405 g/mol. The molecule has 0 unspecified atom stereocenters. The molecule has 0 saturated carbocycles. The van der Waals surface area contributed by atoms with Crippen molar-refractivity contribution in [2.24, 2.45) is 0 Å². The van der Waals surface area contributed by atoms with E-state index in [1.165, 1.54) is 13.2 Å². The highest BCUT2D eigenvalue weighted by Gasteiger charge is 2.36. The molecule has 150 valence electrons. The van der Waals surface area contributed by atoms with Crippen molar-refractivity contribution in [2.45, 2.75) is 26.2 Å². The summed E-state index contributed by atoms with van der Waals surface area (Å²) in [5, 5.41) is 9.62. The molecule has 1 saturated heterocycles. The van der Waals surface area contributed by atoms with E-state index in [4.69, 9.17) is 9.47 Å². The average Bonchev–Trinajstić information content (AvgIpc) is 2.92. The lowest BCUT2D eigenvalue weighted by atomic mass is 10.1. The Kier molecular flexibility index (Phi) is 7.69. The largest absolute Gasteiger partial charge is 0.504 e. The van der Waals surface area contributed by atoms with Gasteiger partial charge in [-0.05, 0) is 48.4 Å². The summed E-state index contributed by atoms with van der Waals surface area (Å²) in [6.07, 6.45) is 5.18. The van der Waals surface area contributed by atoms with E-state index < -0.39 is 23.7 Å². The molecule has 0 radical (unpaired) electrons. The summed E-state index contributed by atoms with van der Waals surface area (Å²) in [5.74, 6) is -0.914. The van der Waals surface area contributed by atoms with E-state index in [1.54, 1.807) is 18.2 Å². The number of phenolic OH excluding ortho intramolecular Hbond substituents is 1. The van der Waals surface area contributed by atoms with Crippen molar-refractivity contribution in [2.75, 3.05) is 20.3 Å². The number of aromatic hydroxyl groups is 1. The standard InChI is InChI=1S/C20H23NO6S/c1-4-6-8-27-17(22)12-21-19(24)16(28-20(21)25)11-13-9-14(7-5-2)18(23)15(10-13)26-3/h5,9-11,23H,2,4,6-8,12H2,1,3H3/b16-11-. The van der Waals surface area contributed by atoms with Gasteiger partial charge in [-0.1, -0.05) is 19.4 Å². The molecule has 0 aromatic heterocycles. The fourth-order valence-corrected chi connectivity index (χ4v) is 3.37. The van der Waals surface area contributed by atoms with Crippen LogP contribution in [0.25, 0.3) is 6.08 Å². The number of imide groups is 1. The van der Waals surface area contributed by atoms with Crippen LogP contribution >= 0.6 is 11.8 Å². The third-order valence-electron chi connectivity index (χ3n) is 3.98. The number of unbranched alkanes of at least 4 members (excludes halogenated alkanes) is 1. The van der Waals surface area contributed by atoms with E-state index in [0.717, 1.165) is 29.5 Å². The Bertz CT molecular complexity index is 817. The number of hydrogen-bond donors (Lipinski definition) is 1. The van der Waals surface area contributed by atoms with Crippen LogP contribution in [-0.4, -0.2) is 47.4 Å². The third kappa shape index (κ3) is 5.16. The van der Waals surface area contributed by atoms with E-state index in [0.29, 0.717) is 17.5 Å². The quantitative estimate of drug-likeness (QED) is 0.291. The first kappa shape index (κ1) is 21.6. The molecular weight excluding hydrogens is 382 g/mol. The SMILES string of the molecule is C=CCc1cc(/C=C2\SC(=O)N(CC(=O)OCCCC)C2=O)cc(OC)c1O. The maximum atomic E-state index is 12.5. The van der Waals surface area contributed by atoms with Gasteiger partial charge in [0.2, 0.25) is 0 Å². The van der Waals surface area contributed by atoms with E-state index in [1.807, 2.05) is 6.92 Å². The lowest BCUT2D eigenvalue weighted by Crippen LogP contribution is -2.34. The number of allylic oxidation sites excluding steroid dienone is 1. The highest BCUT2D eigenvalue weighted by Crippen LogP contribution is 2.36. The molecule has 28 heavy (non-hydrogen) atoms. The zero-order valence-electron chi connectivity index (χ0n) is 15.9. The molecule has 1 aromatic carbocycles. The Balaban J connectivity index is 2.20. The summed E-state index contributed by atoms with van der Waals surface area (Å²) in [6, 6.07) is 3.25. The number of hydrogen-bond acceptors (Lipinski definition) is 7. The number of nitrogens with zero attached hydrogens (tertiary/aromatic N) is 1. The summed E-state index contributed by atoms with van der Waals surface area (Å²) >= 11 is 0.751. The molecule has 2 rings (SSSR count). The number of methoxy groups -OCH3 is 1. The maximum Gasteiger partial charge on any atom is 0.326 e. The Morgan fingerprint density at radius 2 is 2.11 bits per heavy atom. The Hall–Kier alpha value is -2.74. The second-order valence-electron chi connectivity index (χ2n) is 6.07. The number of thioether (sulfide) groups is 1. The van der Waals surface area contributed by atoms with Crippen LogP contribution in [0.1, 0.15) is 30.9 Å². The van der Waals surface area contributed by atoms with Gasteiger partial charge in [-0.25, -0.2) is 0 Å². The number of esters is 1. The zero-order chi connectivity index (χ0) is 20.7. The number of ether oxygens (including phenoxy) is 2. The second kappa shape index (κ2) is 9.98. The number of phenols is 1. The third-order valence-corrected chi connectivity index (χ3v) is 4.89. The molecule has 0 atom stereocenters. The summed E-state index contributed by atoms with van der Waals surface area (Å²) in [7, 11) is 1.43. The Morgan fingerprint density at radius 1 is 1.36 bits per heavy atom. The van der Waals surface area contributed by atoms with E-state index in [2.05, 4.69) is 6.58 Å². The zero-order valence-corrected chi connectivity index (χ0v) is 16.7. The first-order valence-electron chi connectivity index (χ1n) is 8.83. The molecule has 1 fully saturated rings. The van der Waals surface area contributed by atoms with E-state index in [9.17, 15) is 19.5 Å². The summed E-state index contributed by atoms with van der Waals surface area (Å²) in [5.41, 5.74) is 1.17. The summed E-state index contributed by atoms with van der Waals surface area (Å²) < 4.78 is 10.2. The van der Waals surface area contributed by atoms with Gasteiger partial charge in [0.05, 0.1) is 18.6 Å². The van der Waals surface area contributed by atoms with Gasteiger partial charge < -0.3 is 14.6 Å². The maximum absolute atomic E-state index is 12.5. The van der Waals surface area contributed by atoms with Gasteiger partial charge in [0.1, 0.15) is 6.54 Å². The second-order valence-corrected chi connectivity index (χ2v) is 7.06. The van der Waals surface area contributed by atoms with Crippen LogP contribution in [0.2, 0.25) is 0 Å². The number of amides is 2. The number of benzene rings is 1. The van der Waals surface area contributed by atoms with Crippen LogP contribution in [0, 0.1) is 0 Å². The van der Waals surface area contributed by atoms with Crippen LogP contribution in [0.4, 0.5) is 4.79 Å². The highest BCUT2D eigenvalue weighted by molar-refractivity contribution is 8.18. The van der Waals surface area contributed by atoms with Crippen molar-refractivity contribution in [1.29, 1.82) is 0 Å². The monoisotopic (exact) mass is 405 g/mol. The van der Waals surface area contributed by atoms with Gasteiger partial charge >= 0.3 is 5.97 Å². The predicted molar refractivity (Wildman–Crippen MR) is 107 cm³/mol. The van der Waals surface area contributed by atoms with E-state index >= 15 is 0 Å². The van der Waals surface area contributed by atoms with Crippen molar-refractivity contribution in [3.05, 3.63) is 40.8 Å². The molecule has 0 aliphatic carbocycles. The van der Waals surface area contributed by atoms with Gasteiger partial charge in [0.25, 0.3) is 11.1 Å².